The molecule has 0 saturated heterocycles. The fraction of sp³-hybridized carbons (Fsp3) is 0.250. The van der Waals surface area contributed by atoms with Gasteiger partial charge in [0.25, 0.3) is 5.56 Å². The molecule has 6 nitrogen and oxygen atoms in total. The van der Waals surface area contributed by atoms with Gasteiger partial charge in [0, 0.05) is 18.9 Å². The lowest BCUT2D eigenvalue weighted by molar-refractivity contribution is 0.156. The predicted molar refractivity (Wildman–Crippen MR) is 112 cm³/mol. The molecule has 0 bridgehead atoms. The van der Waals surface area contributed by atoms with E-state index in [1.54, 1.807) is 29.1 Å². The van der Waals surface area contributed by atoms with Crippen LogP contribution in [0.25, 0.3) is 21.5 Å². The van der Waals surface area contributed by atoms with Crippen molar-refractivity contribution in [2.75, 3.05) is 13.7 Å². The quantitative estimate of drug-likeness (QED) is 0.325. The van der Waals surface area contributed by atoms with Crippen LogP contribution in [0.3, 0.4) is 0 Å². The van der Waals surface area contributed by atoms with Crippen LogP contribution < -0.4 is 5.56 Å². The van der Waals surface area contributed by atoms with Crippen molar-refractivity contribution in [3.8, 4) is 10.6 Å². The van der Waals surface area contributed by atoms with Crippen molar-refractivity contribution < 1.29 is 9.26 Å². The predicted octanol–water partition coefficient (Wildman–Crippen LogP) is 4.61. The number of methoxy groups -OCH3 is 1. The van der Waals surface area contributed by atoms with Crippen LogP contribution in [0.2, 0.25) is 0 Å². The van der Waals surface area contributed by atoms with E-state index in [1.807, 2.05) is 48.7 Å². The summed E-state index contributed by atoms with van der Waals surface area (Å²) in [5.74, 6) is 1.31. The zero-order chi connectivity index (χ0) is 19.5. The van der Waals surface area contributed by atoms with Crippen LogP contribution in [-0.2, 0) is 10.5 Å². The van der Waals surface area contributed by atoms with Gasteiger partial charge in [-0.3, -0.25) is 9.36 Å². The third-order valence-electron chi connectivity index (χ3n) is 4.30. The van der Waals surface area contributed by atoms with Crippen molar-refractivity contribution in [1.82, 2.24) is 14.7 Å². The van der Waals surface area contributed by atoms with Gasteiger partial charge in [0.2, 0.25) is 0 Å². The molecule has 1 atom stereocenters. The Hall–Kier alpha value is -2.42. The Bertz CT molecular complexity index is 1140. The fourth-order valence-corrected chi connectivity index (χ4v) is 4.64. The summed E-state index contributed by atoms with van der Waals surface area (Å²) in [5.41, 5.74) is 1.44. The van der Waals surface area contributed by atoms with Crippen molar-refractivity contribution in [2.45, 2.75) is 23.9 Å². The number of thiophene rings is 1. The maximum absolute atomic E-state index is 13.1. The second-order valence-corrected chi connectivity index (χ2v) is 8.23. The molecule has 0 N–H and O–H groups in total. The van der Waals surface area contributed by atoms with Crippen molar-refractivity contribution in [1.29, 1.82) is 0 Å². The average molecular weight is 414 g/mol. The van der Waals surface area contributed by atoms with Gasteiger partial charge in [-0.05, 0) is 30.5 Å². The van der Waals surface area contributed by atoms with Crippen molar-refractivity contribution in [2.24, 2.45) is 0 Å². The van der Waals surface area contributed by atoms with Crippen LogP contribution in [0.5, 0.6) is 0 Å². The normalized spacial score (nSPS) is 12.5. The van der Waals surface area contributed by atoms with Crippen LogP contribution in [0.15, 0.2) is 62.3 Å². The highest BCUT2D eigenvalue weighted by atomic mass is 32.2. The summed E-state index contributed by atoms with van der Waals surface area (Å²) in [4.78, 5) is 18.8. The molecule has 0 radical (unpaired) electrons. The molecular formula is C20H19N3O3S2. The summed E-state index contributed by atoms with van der Waals surface area (Å²) in [5, 5.41) is 7.41. The van der Waals surface area contributed by atoms with Crippen molar-refractivity contribution in [3.05, 3.63) is 63.9 Å². The van der Waals surface area contributed by atoms with E-state index < -0.39 is 0 Å². The van der Waals surface area contributed by atoms with Gasteiger partial charge in [0.05, 0.1) is 34.1 Å². The van der Waals surface area contributed by atoms with E-state index in [9.17, 15) is 4.79 Å². The number of para-hydroxylation sites is 1. The van der Waals surface area contributed by atoms with Crippen molar-refractivity contribution in [3.63, 3.8) is 0 Å². The molecule has 0 saturated carbocycles. The Balaban J connectivity index is 1.65. The summed E-state index contributed by atoms with van der Waals surface area (Å²) < 4.78 is 12.4. The highest BCUT2D eigenvalue weighted by Gasteiger charge is 2.17. The molecule has 0 aliphatic carbocycles. The Kier molecular flexibility index (Phi) is 5.61. The second-order valence-electron chi connectivity index (χ2n) is 6.34. The smallest absolute Gasteiger partial charge is 0.262 e. The second kappa shape index (κ2) is 8.30. The molecule has 1 aromatic carbocycles. The van der Waals surface area contributed by atoms with Crippen LogP contribution in [0.4, 0.5) is 0 Å². The molecule has 8 heteroatoms. The van der Waals surface area contributed by atoms with E-state index in [1.165, 1.54) is 11.8 Å². The maximum atomic E-state index is 13.1. The molecule has 0 unspecified atom stereocenters. The summed E-state index contributed by atoms with van der Waals surface area (Å²) in [6.07, 6.45) is 0. The van der Waals surface area contributed by atoms with Gasteiger partial charge in [-0.1, -0.05) is 35.1 Å². The van der Waals surface area contributed by atoms with Crippen LogP contribution in [0, 0.1) is 0 Å². The zero-order valence-electron chi connectivity index (χ0n) is 15.5. The number of fused-ring (bicyclic) bond motifs is 1. The summed E-state index contributed by atoms with van der Waals surface area (Å²) in [7, 11) is 1.63. The fourth-order valence-electron chi connectivity index (χ4n) is 2.99. The van der Waals surface area contributed by atoms with Gasteiger partial charge < -0.3 is 9.26 Å². The molecule has 4 aromatic rings. The molecule has 0 amide bonds. The largest absolute Gasteiger partial charge is 0.383 e. The molecule has 0 fully saturated rings. The van der Waals surface area contributed by atoms with Gasteiger partial charge in [-0.2, -0.15) is 0 Å². The Labute approximate surface area is 170 Å². The minimum Gasteiger partial charge on any atom is -0.383 e. The highest BCUT2D eigenvalue weighted by molar-refractivity contribution is 7.98. The van der Waals surface area contributed by atoms with Crippen LogP contribution in [0.1, 0.15) is 18.7 Å². The van der Waals surface area contributed by atoms with Gasteiger partial charge in [-0.15, -0.1) is 11.3 Å². The van der Waals surface area contributed by atoms with E-state index in [-0.39, 0.29) is 11.6 Å². The lowest BCUT2D eigenvalue weighted by Gasteiger charge is -2.18. The SMILES string of the molecule is COC[C@@H](C)n1c(SCc2cc(-c3cccs3)on2)nc2ccccc2c1=O. The molecule has 3 heterocycles. The zero-order valence-corrected chi connectivity index (χ0v) is 17.1. The topological polar surface area (TPSA) is 70.2 Å². The number of thioether (sulfide) groups is 1. The van der Waals surface area contributed by atoms with Gasteiger partial charge in [0.15, 0.2) is 10.9 Å². The van der Waals surface area contributed by atoms with E-state index in [2.05, 4.69) is 5.16 Å². The number of benzene rings is 1. The van der Waals surface area contributed by atoms with E-state index >= 15 is 0 Å². The average Bonchev–Trinajstić information content (AvgIpc) is 3.38. The first-order chi connectivity index (χ1) is 13.7. The first-order valence-corrected chi connectivity index (χ1v) is 10.7. The molecular weight excluding hydrogens is 394 g/mol. The molecule has 28 heavy (non-hydrogen) atoms. The van der Waals surface area contributed by atoms with Gasteiger partial charge in [0.1, 0.15) is 0 Å². The Morgan fingerprint density at radius 2 is 2.14 bits per heavy atom. The molecule has 3 aromatic heterocycles. The highest BCUT2D eigenvalue weighted by Crippen LogP contribution is 2.28. The van der Waals surface area contributed by atoms with Gasteiger partial charge >= 0.3 is 0 Å². The maximum Gasteiger partial charge on any atom is 0.262 e. The number of aromatic nitrogens is 3. The monoisotopic (exact) mass is 413 g/mol. The molecule has 0 aliphatic rings. The first kappa shape index (κ1) is 18.9. The lowest BCUT2D eigenvalue weighted by atomic mass is 10.2. The number of nitrogens with zero attached hydrogens (tertiary/aromatic N) is 3. The Morgan fingerprint density at radius 1 is 1.29 bits per heavy atom. The van der Waals surface area contributed by atoms with E-state index in [4.69, 9.17) is 14.2 Å². The minimum absolute atomic E-state index is 0.0583. The Morgan fingerprint density at radius 3 is 2.93 bits per heavy atom. The van der Waals surface area contributed by atoms with Crippen LogP contribution in [-0.4, -0.2) is 28.4 Å². The first-order valence-electron chi connectivity index (χ1n) is 8.80. The number of ether oxygens (including phenoxy) is 1. The molecule has 0 spiro atoms. The third-order valence-corrected chi connectivity index (χ3v) is 6.17. The minimum atomic E-state index is -0.129. The van der Waals surface area contributed by atoms with E-state index in [0.29, 0.717) is 28.4 Å². The van der Waals surface area contributed by atoms with E-state index in [0.717, 1.165) is 16.3 Å². The number of rotatable bonds is 7. The van der Waals surface area contributed by atoms with Gasteiger partial charge in [-0.25, -0.2) is 4.98 Å². The van der Waals surface area contributed by atoms with Crippen LogP contribution >= 0.6 is 23.1 Å². The molecule has 144 valence electrons. The van der Waals surface area contributed by atoms with Crippen molar-refractivity contribution >= 4 is 34.0 Å². The number of hydrogen-bond donors (Lipinski definition) is 0. The standard InChI is InChI=1S/C20H19N3O3S2/c1-13(11-25-2)23-19(24)15-6-3-4-7-16(15)21-20(23)28-12-14-10-17(26-22-14)18-8-5-9-27-18/h3-10,13H,11-12H2,1-2H3/t13-/m1/s1. The summed E-state index contributed by atoms with van der Waals surface area (Å²) >= 11 is 3.08. The molecule has 4 rings (SSSR count). The molecule has 0 aliphatic heterocycles. The number of hydrogen-bond acceptors (Lipinski definition) is 7. The summed E-state index contributed by atoms with van der Waals surface area (Å²) in [6, 6.07) is 13.2. The third kappa shape index (κ3) is 3.76. The lowest BCUT2D eigenvalue weighted by Crippen LogP contribution is -2.28. The summed E-state index contributed by atoms with van der Waals surface area (Å²) in [6.45, 7) is 2.39.